The first-order valence-electron chi connectivity index (χ1n) is 9.21. The Kier molecular flexibility index (Phi) is 5.31. The molecule has 29 heavy (non-hydrogen) atoms. The van der Waals surface area contributed by atoms with Gasteiger partial charge in [0.05, 0.1) is 34.2 Å². The Hall–Kier alpha value is -2.82. The minimum absolute atomic E-state index is 0.0537. The van der Waals surface area contributed by atoms with E-state index < -0.39 is 0 Å². The smallest absolute Gasteiger partial charge is 0.203 e. The average Bonchev–Trinajstić information content (AvgIpc) is 2.97. The summed E-state index contributed by atoms with van der Waals surface area (Å²) in [7, 11) is 0. The number of nitrogens with zero attached hydrogens (tertiary/aromatic N) is 2. The second kappa shape index (κ2) is 7.90. The van der Waals surface area contributed by atoms with Gasteiger partial charge in [-0.3, -0.25) is 10.2 Å². The van der Waals surface area contributed by atoms with Crippen molar-refractivity contribution in [2.75, 3.05) is 0 Å². The van der Waals surface area contributed by atoms with E-state index in [9.17, 15) is 4.79 Å². The van der Waals surface area contributed by atoms with Crippen molar-refractivity contribution in [1.82, 2.24) is 9.13 Å². The van der Waals surface area contributed by atoms with Crippen LogP contribution in [-0.4, -0.2) is 14.9 Å². The molecule has 0 aliphatic rings. The summed E-state index contributed by atoms with van der Waals surface area (Å²) in [6.07, 6.45) is 0. The average molecular weight is 424 g/mol. The third kappa shape index (κ3) is 3.74. The number of carbonyl (C=O) groups excluding carboxylic acids is 1. The summed E-state index contributed by atoms with van der Waals surface area (Å²) in [4.78, 5) is 12.9. The van der Waals surface area contributed by atoms with Gasteiger partial charge in [0.1, 0.15) is 0 Å². The number of rotatable bonds is 5. The predicted octanol–water partition coefficient (Wildman–Crippen LogP) is 5.47. The quantitative estimate of drug-likeness (QED) is 0.425. The van der Waals surface area contributed by atoms with Crippen molar-refractivity contribution in [2.45, 2.75) is 20.0 Å². The van der Waals surface area contributed by atoms with E-state index in [2.05, 4.69) is 19.1 Å². The molecule has 0 atom stereocenters. The molecule has 0 bridgehead atoms. The lowest BCUT2D eigenvalue weighted by Crippen LogP contribution is -2.27. The standard InChI is InChI=1S/C23H19Cl2N3O/c1-15-6-2-3-7-17(15)13-27-20-8-4-5-9-21(20)28(23(27)26)14-22(29)16-10-11-18(24)19(25)12-16/h2-12,26H,13-14H2,1H3. The third-order valence-electron chi connectivity index (χ3n) is 5.11. The highest BCUT2D eigenvalue weighted by Crippen LogP contribution is 2.23. The monoisotopic (exact) mass is 423 g/mol. The molecule has 1 aromatic heterocycles. The molecule has 1 heterocycles. The number of carbonyl (C=O) groups is 1. The Morgan fingerprint density at radius 2 is 1.55 bits per heavy atom. The molecule has 0 amide bonds. The number of aryl methyl sites for hydroxylation is 1. The van der Waals surface area contributed by atoms with Gasteiger partial charge in [-0.25, -0.2) is 0 Å². The van der Waals surface area contributed by atoms with Gasteiger partial charge in [0.15, 0.2) is 5.78 Å². The van der Waals surface area contributed by atoms with Crippen LogP contribution in [-0.2, 0) is 13.1 Å². The van der Waals surface area contributed by atoms with Crippen LogP contribution in [0.2, 0.25) is 10.0 Å². The molecule has 0 aliphatic carbocycles. The lowest BCUT2D eigenvalue weighted by atomic mass is 10.1. The van der Waals surface area contributed by atoms with Gasteiger partial charge in [-0.1, -0.05) is 59.6 Å². The van der Waals surface area contributed by atoms with Crippen molar-refractivity contribution in [1.29, 1.82) is 5.41 Å². The number of imidazole rings is 1. The van der Waals surface area contributed by atoms with Crippen LogP contribution in [0.5, 0.6) is 0 Å². The second-order valence-corrected chi connectivity index (χ2v) is 7.78. The van der Waals surface area contributed by atoms with E-state index in [4.69, 9.17) is 28.6 Å². The number of para-hydroxylation sites is 2. The number of fused-ring (bicyclic) bond motifs is 1. The van der Waals surface area contributed by atoms with E-state index in [0.717, 1.165) is 16.6 Å². The lowest BCUT2D eigenvalue weighted by molar-refractivity contribution is 0.0971. The Balaban J connectivity index is 1.76. The highest BCUT2D eigenvalue weighted by atomic mass is 35.5. The number of aromatic nitrogens is 2. The molecule has 146 valence electrons. The molecule has 0 aliphatic heterocycles. The molecule has 1 N–H and O–H groups in total. The highest BCUT2D eigenvalue weighted by Gasteiger charge is 2.16. The van der Waals surface area contributed by atoms with Crippen molar-refractivity contribution < 1.29 is 4.79 Å². The fraction of sp³-hybridized carbons (Fsp3) is 0.130. The predicted molar refractivity (Wildman–Crippen MR) is 117 cm³/mol. The van der Waals surface area contributed by atoms with E-state index in [1.807, 2.05) is 41.0 Å². The lowest BCUT2D eigenvalue weighted by Gasteiger charge is -2.08. The maximum atomic E-state index is 12.9. The topological polar surface area (TPSA) is 50.8 Å². The molecule has 6 heteroatoms. The molecule has 0 fully saturated rings. The van der Waals surface area contributed by atoms with Gasteiger partial charge in [-0.15, -0.1) is 0 Å². The Morgan fingerprint density at radius 1 is 0.897 bits per heavy atom. The fourth-order valence-electron chi connectivity index (χ4n) is 3.48. The molecule has 0 unspecified atom stereocenters. The zero-order valence-corrected chi connectivity index (χ0v) is 17.3. The molecule has 0 radical (unpaired) electrons. The maximum Gasteiger partial charge on any atom is 0.203 e. The van der Waals surface area contributed by atoms with Crippen molar-refractivity contribution in [3.63, 3.8) is 0 Å². The molecule has 0 saturated heterocycles. The Bertz CT molecular complexity index is 1290. The molecule has 3 aromatic carbocycles. The maximum absolute atomic E-state index is 12.9. The van der Waals surface area contributed by atoms with Crippen LogP contribution < -0.4 is 5.62 Å². The van der Waals surface area contributed by atoms with Crippen molar-refractivity contribution in [3.8, 4) is 0 Å². The summed E-state index contributed by atoms with van der Waals surface area (Å²) in [5.41, 5.74) is 4.83. The minimum atomic E-state index is -0.124. The Labute approximate surface area is 178 Å². The fourth-order valence-corrected chi connectivity index (χ4v) is 3.78. The summed E-state index contributed by atoms with van der Waals surface area (Å²) in [6.45, 7) is 2.69. The minimum Gasteiger partial charge on any atom is -0.306 e. The Morgan fingerprint density at radius 3 is 2.24 bits per heavy atom. The van der Waals surface area contributed by atoms with Gasteiger partial charge >= 0.3 is 0 Å². The molecular weight excluding hydrogens is 405 g/mol. The van der Waals surface area contributed by atoms with Crippen LogP contribution in [0.15, 0.2) is 66.7 Å². The summed E-state index contributed by atoms with van der Waals surface area (Å²) in [5, 5.41) is 9.51. The van der Waals surface area contributed by atoms with Crippen LogP contribution >= 0.6 is 23.2 Å². The summed E-state index contributed by atoms with van der Waals surface area (Å²) >= 11 is 12.0. The number of ketones is 1. The first-order valence-corrected chi connectivity index (χ1v) is 9.96. The zero-order chi connectivity index (χ0) is 20.5. The number of halogens is 2. The summed E-state index contributed by atoms with van der Waals surface area (Å²) in [6, 6.07) is 20.8. The number of hydrogen-bond donors (Lipinski definition) is 1. The first-order chi connectivity index (χ1) is 14.0. The van der Waals surface area contributed by atoms with Crippen LogP contribution in [0, 0.1) is 12.3 Å². The van der Waals surface area contributed by atoms with E-state index in [0.29, 0.717) is 22.2 Å². The first kappa shape index (κ1) is 19.5. The van der Waals surface area contributed by atoms with Gasteiger partial charge < -0.3 is 9.13 Å². The van der Waals surface area contributed by atoms with E-state index in [-0.39, 0.29) is 17.9 Å². The number of nitrogens with one attached hydrogen (secondary N) is 1. The molecular formula is C23H19Cl2N3O. The van der Waals surface area contributed by atoms with Gasteiger partial charge in [0, 0.05) is 5.56 Å². The summed E-state index contributed by atoms with van der Waals surface area (Å²) < 4.78 is 3.66. The normalized spacial score (nSPS) is 11.1. The van der Waals surface area contributed by atoms with Crippen LogP contribution in [0.1, 0.15) is 21.5 Å². The van der Waals surface area contributed by atoms with Gasteiger partial charge in [0.25, 0.3) is 0 Å². The van der Waals surface area contributed by atoms with Crippen LogP contribution in [0.25, 0.3) is 11.0 Å². The second-order valence-electron chi connectivity index (χ2n) is 6.96. The van der Waals surface area contributed by atoms with Crippen LogP contribution in [0.4, 0.5) is 0 Å². The SMILES string of the molecule is Cc1ccccc1Cn1c(=N)n(CC(=O)c2ccc(Cl)c(Cl)c2)c2ccccc21. The molecule has 4 nitrogen and oxygen atoms in total. The molecule has 4 rings (SSSR count). The van der Waals surface area contributed by atoms with Crippen molar-refractivity contribution >= 4 is 40.0 Å². The number of Topliss-reactive ketones (excluding diaryl/α,β-unsaturated/α-hetero) is 1. The van der Waals surface area contributed by atoms with Gasteiger partial charge in [-0.2, -0.15) is 0 Å². The van der Waals surface area contributed by atoms with Gasteiger partial charge in [0.2, 0.25) is 5.62 Å². The molecule has 0 saturated carbocycles. The van der Waals surface area contributed by atoms with E-state index in [1.165, 1.54) is 5.56 Å². The van der Waals surface area contributed by atoms with Crippen LogP contribution in [0.3, 0.4) is 0 Å². The molecule has 0 spiro atoms. The number of benzene rings is 3. The largest absolute Gasteiger partial charge is 0.306 e. The van der Waals surface area contributed by atoms with Crippen molar-refractivity contribution in [3.05, 3.63) is 99.1 Å². The zero-order valence-electron chi connectivity index (χ0n) is 15.8. The molecule has 4 aromatic rings. The van der Waals surface area contributed by atoms with Crippen molar-refractivity contribution in [2.24, 2.45) is 0 Å². The van der Waals surface area contributed by atoms with E-state index >= 15 is 0 Å². The summed E-state index contributed by atoms with van der Waals surface area (Å²) in [5.74, 6) is -0.124. The number of hydrogen-bond acceptors (Lipinski definition) is 2. The van der Waals surface area contributed by atoms with E-state index in [1.54, 1.807) is 22.8 Å². The third-order valence-corrected chi connectivity index (χ3v) is 5.85. The van der Waals surface area contributed by atoms with Gasteiger partial charge in [-0.05, 0) is 48.4 Å². The highest BCUT2D eigenvalue weighted by molar-refractivity contribution is 6.42.